The Kier molecular flexibility index (Phi) is 4.02. The smallest absolute Gasteiger partial charge is 0.361 e. The molecular weight excluding hydrogens is 316 g/mol. The molecule has 0 aromatic carbocycles. The molecule has 2 heterocycles. The summed E-state index contributed by atoms with van der Waals surface area (Å²) < 4.78 is 39.1. The van der Waals surface area contributed by atoms with E-state index in [1.165, 1.54) is 12.4 Å². The van der Waals surface area contributed by atoms with E-state index >= 15 is 0 Å². The molecule has 0 unspecified atom stereocenters. The molecule has 2 aromatic rings. The lowest BCUT2D eigenvalue weighted by Gasteiger charge is -2.26. The van der Waals surface area contributed by atoms with Gasteiger partial charge in [-0.25, -0.2) is 9.50 Å². The lowest BCUT2D eigenvalue weighted by Crippen LogP contribution is -2.39. The van der Waals surface area contributed by atoms with Crippen LogP contribution in [0.2, 0.25) is 0 Å². The summed E-state index contributed by atoms with van der Waals surface area (Å²) in [4.78, 5) is 4.03. The van der Waals surface area contributed by atoms with Crippen molar-refractivity contribution in [3.8, 4) is 0 Å². The van der Waals surface area contributed by atoms with Crippen LogP contribution >= 0.6 is 23.2 Å². The summed E-state index contributed by atoms with van der Waals surface area (Å²) in [5, 5.41) is 6.43. The molecular formula is C11H11Cl2F3N4. The zero-order valence-electron chi connectivity index (χ0n) is 10.4. The molecule has 1 N–H and O–H groups in total. The van der Waals surface area contributed by atoms with Crippen molar-refractivity contribution in [1.29, 1.82) is 0 Å². The second-order valence-corrected chi connectivity index (χ2v) is 5.12. The van der Waals surface area contributed by atoms with Crippen LogP contribution in [0.1, 0.15) is 12.6 Å². The van der Waals surface area contributed by atoms with E-state index in [2.05, 4.69) is 15.4 Å². The number of aromatic nitrogens is 3. The highest BCUT2D eigenvalue weighted by Gasteiger charge is 2.34. The van der Waals surface area contributed by atoms with Gasteiger partial charge in [-0.15, -0.1) is 23.2 Å². The van der Waals surface area contributed by atoms with Crippen LogP contribution < -0.4 is 5.32 Å². The average molecular weight is 327 g/mol. The van der Waals surface area contributed by atoms with Gasteiger partial charge in [0.1, 0.15) is 5.52 Å². The van der Waals surface area contributed by atoms with E-state index < -0.39 is 17.4 Å². The van der Waals surface area contributed by atoms with Gasteiger partial charge in [-0.1, -0.05) is 0 Å². The first-order valence-corrected chi connectivity index (χ1v) is 6.68. The Balaban J connectivity index is 2.47. The van der Waals surface area contributed by atoms with E-state index in [4.69, 9.17) is 23.2 Å². The molecule has 2 aromatic heterocycles. The van der Waals surface area contributed by atoms with Crippen molar-refractivity contribution in [2.75, 3.05) is 17.1 Å². The third-order valence-corrected chi connectivity index (χ3v) is 3.87. The Morgan fingerprint density at radius 2 is 1.95 bits per heavy atom. The van der Waals surface area contributed by atoms with Crippen LogP contribution in [0.3, 0.4) is 0 Å². The third kappa shape index (κ3) is 2.93. The molecule has 0 amide bonds. The summed E-state index contributed by atoms with van der Waals surface area (Å²) >= 11 is 11.6. The van der Waals surface area contributed by atoms with Crippen LogP contribution in [-0.2, 0) is 6.18 Å². The van der Waals surface area contributed by atoms with Gasteiger partial charge in [0.05, 0.1) is 5.54 Å². The Morgan fingerprint density at radius 3 is 2.50 bits per heavy atom. The highest BCUT2D eigenvalue weighted by Crippen LogP contribution is 2.30. The minimum Gasteiger partial charge on any atom is -0.361 e. The average Bonchev–Trinajstić information content (AvgIpc) is 2.83. The second-order valence-electron chi connectivity index (χ2n) is 4.59. The maximum atomic E-state index is 12.7. The molecule has 0 aliphatic carbocycles. The molecule has 20 heavy (non-hydrogen) atoms. The summed E-state index contributed by atoms with van der Waals surface area (Å²) in [6.07, 6.45) is -1.81. The van der Waals surface area contributed by atoms with Gasteiger partial charge in [0.15, 0.2) is 11.5 Å². The number of fused-ring (bicyclic) bond motifs is 1. The fourth-order valence-electron chi connectivity index (χ4n) is 1.55. The zero-order valence-corrected chi connectivity index (χ0v) is 11.9. The van der Waals surface area contributed by atoms with Gasteiger partial charge in [-0.2, -0.15) is 18.3 Å². The number of hydrogen-bond acceptors (Lipinski definition) is 3. The monoisotopic (exact) mass is 326 g/mol. The molecule has 0 bridgehead atoms. The lowest BCUT2D eigenvalue weighted by molar-refractivity contribution is -0.141. The van der Waals surface area contributed by atoms with Crippen LogP contribution in [0.25, 0.3) is 5.52 Å². The van der Waals surface area contributed by atoms with Crippen molar-refractivity contribution in [3.63, 3.8) is 0 Å². The van der Waals surface area contributed by atoms with Gasteiger partial charge < -0.3 is 5.32 Å². The van der Waals surface area contributed by atoms with Crippen molar-refractivity contribution in [3.05, 3.63) is 24.2 Å². The first kappa shape index (κ1) is 15.2. The molecule has 0 saturated carbocycles. The van der Waals surface area contributed by atoms with E-state index in [1.54, 1.807) is 6.92 Å². The molecule has 0 aliphatic heterocycles. The van der Waals surface area contributed by atoms with Crippen molar-refractivity contribution >= 4 is 34.5 Å². The van der Waals surface area contributed by atoms with Crippen LogP contribution in [0.5, 0.6) is 0 Å². The van der Waals surface area contributed by atoms with Crippen molar-refractivity contribution in [1.82, 2.24) is 14.6 Å². The first-order chi connectivity index (χ1) is 9.29. The van der Waals surface area contributed by atoms with Gasteiger partial charge in [-0.05, 0) is 6.92 Å². The maximum absolute atomic E-state index is 12.7. The number of anilines is 1. The predicted molar refractivity (Wildman–Crippen MR) is 71.5 cm³/mol. The molecule has 0 atom stereocenters. The maximum Gasteiger partial charge on any atom is 0.435 e. The summed E-state index contributed by atoms with van der Waals surface area (Å²) in [6.45, 7) is 1.75. The van der Waals surface area contributed by atoms with E-state index in [-0.39, 0.29) is 23.1 Å². The molecule has 4 nitrogen and oxygen atoms in total. The van der Waals surface area contributed by atoms with Gasteiger partial charge in [0.25, 0.3) is 0 Å². The largest absolute Gasteiger partial charge is 0.435 e. The molecule has 110 valence electrons. The van der Waals surface area contributed by atoms with Gasteiger partial charge >= 0.3 is 6.18 Å². The number of nitrogens with one attached hydrogen (secondary N) is 1. The Morgan fingerprint density at radius 1 is 1.30 bits per heavy atom. The Labute approximate surface area is 122 Å². The normalized spacial score (nSPS) is 12.9. The number of rotatable bonds is 4. The van der Waals surface area contributed by atoms with Gasteiger partial charge in [0, 0.05) is 30.2 Å². The van der Waals surface area contributed by atoms with E-state index in [1.807, 2.05) is 0 Å². The molecule has 0 aliphatic rings. The number of nitrogens with zero attached hydrogens (tertiary/aromatic N) is 3. The SMILES string of the molecule is CC(CCl)(CCl)Nc1nccn2nc(C(F)(F)F)cc12. The van der Waals surface area contributed by atoms with E-state index in [9.17, 15) is 13.2 Å². The minimum atomic E-state index is -4.51. The lowest BCUT2D eigenvalue weighted by atomic mass is 10.1. The van der Waals surface area contributed by atoms with Gasteiger partial charge in [-0.3, -0.25) is 0 Å². The summed E-state index contributed by atoms with van der Waals surface area (Å²) in [5.74, 6) is 0.609. The summed E-state index contributed by atoms with van der Waals surface area (Å²) in [5.41, 5.74) is -1.45. The standard InChI is InChI=1S/C11H11Cl2F3N4/c1-10(5-12,6-13)18-9-7-4-8(11(14,15)16)19-20(7)3-2-17-9/h2-4H,5-6H2,1H3,(H,17,18). The highest BCUT2D eigenvalue weighted by atomic mass is 35.5. The van der Waals surface area contributed by atoms with Crippen molar-refractivity contribution in [2.45, 2.75) is 18.6 Å². The molecule has 2 rings (SSSR count). The van der Waals surface area contributed by atoms with E-state index in [0.29, 0.717) is 0 Å². The molecule has 0 fully saturated rings. The van der Waals surface area contributed by atoms with Crippen LogP contribution in [0.4, 0.5) is 19.0 Å². The fraction of sp³-hybridized carbons (Fsp3) is 0.455. The highest BCUT2D eigenvalue weighted by molar-refractivity contribution is 6.22. The Hall–Kier alpha value is -1.21. The zero-order chi connectivity index (χ0) is 15.0. The van der Waals surface area contributed by atoms with Crippen LogP contribution in [-0.4, -0.2) is 31.9 Å². The second kappa shape index (κ2) is 5.29. The molecule has 9 heteroatoms. The van der Waals surface area contributed by atoms with Gasteiger partial charge in [0.2, 0.25) is 0 Å². The molecule has 0 radical (unpaired) electrons. The van der Waals surface area contributed by atoms with Crippen LogP contribution in [0.15, 0.2) is 18.5 Å². The summed E-state index contributed by atoms with van der Waals surface area (Å²) in [7, 11) is 0. The third-order valence-electron chi connectivity index (χ3n) is 2.69. The van der Waals surface area contributed by atoms with Crippen molar-refractivity contribution in [2.24, 2.45) is 0 Å². The minimum absolute atomic E-state index is 0.180. The number of hydrogen-bond donors (Lipinski definition) is 1. The summed E-state index contributed by atoms with van der Waals surface area (Å²) in [6, 6.07) is 0.929. The van der Waals surface area contributed by atoms with Crippen molar-refractivity contribution < 1.29 is 13.2 Å². The predicted octanol–water partition coefficient (Wildman–Crippen LogP) is 3.40. The van der Waals surface area contributed by atoms with E-state index in [0.717, 1.165) is 10.6 Å². The fourth-order valence-corrected chi connectivity index (χ4v) is 1.96. The number of halogens is 5. The Bertz CT molecular complexity index is 607. The molecule has 0 spiro atoms. The topological polar surface area (TPSA) is 42.2 Å². The number of alkyl halides is 5. The van der Waals surface area contributed by atoms with Crippen LogP contribution in [0, 0.1) is 0 Å². The molecule has 0 saturated heterocycles. The first-order valence-electron chi connectivity index (χ1n) is 5.61. The quantitative estimate of drug-likeness (QED) is 0.875.